The van der Waals surface area contributed by atoms with Crippen LogP contribution in [0.15, 0.2) is 30.5 Å². The molecule has 1 aliphatic heterocycles. The minimum atomic E-state index is -1.21. The van der Waals surface area contributed by atoms with Crippen molar-refractivity contribution in [1.82, 2.24) is 20.0 Å². The number of hydrogen-bond donors (Lipinski definition) is 1. The molecule has 0 bridgehead atoms. The van der Waals surface area contributed by atoms with E-state index in [0.29, 0.717) is 13.0 Å². The number of amides is 3. The number of ether oxygens (including phenoxy) is 1. The minimum absolute atomic E-state index is 0.0165. The molecule has 3 amide bonds. The molecular weight excluding hydrogens is 408 g/mol. The number of aryl methyl sites for hydroxylation is 3. The molecule has 1 aromatic heterocycles. The normalized spacial score (nSPS) is 19.5. The van der Waals surface area contributed by atoms with Gasteiger partial charge in [-0.05, 0) is 38.3 Å². The van der Waals surface area contributed by atoms with E-state index >= 15 is 0 Å². The Morgan fingerprint density at radius 1 is 1.28 bits per heavy atom. The van der Waals surface area contributed by atoms with Crippen LogP contribution in [0, 0.1) is 13.8 Å². The third kappa shape index (κ3) is 4.60. The van der Waals surface area contributed by atoms with Crippen LogP contribution in [0.1, 0.15) is 54.6 Å². The molecule has 1 N–H and O–H groups in total. The number of hydrogen-bond acceptors (Lipinski definition) is 5. The molecule has 2 heterocycles. The molecule has 0 radical (unpaired) electrons. The Kier molecular flexibility index (Phi) is 7.13. The minimum Gasteiger partial charge on any atom is -0.385 e. The van der Waals surface area contributed by atoms with Gasteiger partial charge in [0.1, 0.15) is 0 Å². The molecule has 0 saturated carbocycles. The number of methoxy groups -OCH3 is 1. The quantitative estimate of drug-likeness (QED) is 0.477. The molecular formula is C24H32N4O4. The van der Waals surface area contributed by atoms with Gasteiger partial charge in [0.05, 0.1) is 17.2 Å². The fraction of sp³-hybridized carbons (Fsp3) is 0.500. The van der Waals surface area contributed by atoms with Gasteiger partial charge in [0.15, 0.2) is 0 Å². The van der Waals surface area contributed by atoms with Gasteiger partial charge in [-0.25, -0.2) is 0 Å². The fourth-order valence-electron chi connectivity index (χ4n) is 4.64. The van der Waals surface area contributed by atoms with Gasteiger partial charge < -0.3 is 10.1 Å². The van der Waals surface area contributed by atoms with Crippen LogP contribution in [-0.2, 0) is 31.6 Å². The van der Waals surface area contributed by atoms with Crippen LogP contribution in [-0.4, -0.2) is 52.7 Å². The van der Waals surface area contributed by atoms with Gasteiger partial charge in [0, 0.05) is 51.9 Å². The van der Waals surface area contributed by atoms with Crippen LogP contribution in [0.3, 0.4) is 0 Å². The maximum absolute atomic E-state index is 13.6. The monoisotopic (exact) mass is 440 g/mol. The average Bonchev–Trinajstić information content (AvgIpc) is 3.19. The number of nitrogens with one attached hydrogen (secondary N) is 1. The lowest BCUT2D eigenvalue weighted by Crippen LogP contribution is -2.43. The van der Waals surface area contributed by atoms with Crippen molar-refractivity contribution in [3.8, 4) is 0 Å². The topological polar surface area (TPSA) is 93.5 Å². The summed E-state index contributed by atoms with van der Waals surface area (Å²) in [7, 11) is 3.42. The van der Waals surface area contributed by atoms with Gasteiger partial charge in [0.25, 0.3) is 0 Å². The highest BCUT2D eigenvalue weighted by atomic mass is 16.5. The zero-order chi connectivity index (χ0) is 23.5. The van der Waals surface area contributed by atoms with Crippen molar-refractivity contribution >= 4 is 17.7 Å². The Morgan fingerprint density at radius 2 is 2.00 bits per heavy atom. The molecule has 172 valence electrons. The Bertz CT molecular complexity index is 1020. The summed E-state index contributed by atoms with van der Waals surface area (Å²) in [6.07, 6.45) is 2.32. The summed E-state index contributed by atoms with van der Waals surface area (Å²) < 4.78 is 6.78. The first-order valence-electron chi connectivity index (χ1n) is 10.9. The molecule has 0 spiro atoms. The van der Waals surface area contributed by atoms with Gasteiger partial charge in [-0.2, -0.15) is 5.10 Å². The molecule has 1 aliphatic rings. The van der Waals surface area contributed by atoms with Gasteiger partial charge in [-0.1, -0.05) is 24.3 Å². The van der Waals surface area contributed by atoms with Crippen LogP contribution in [0.5, 0.6) is 0 Å². The van der Waals surface area contributed by atoms with Gasteiger partial charge in [0.2, 0.25) is 17.7 Å². The maximum atomic E-state index is 13.6. The van der Waals surface area contributed by atoms with E-state index in [2.05, 4.69) is 10.4 Å². The first-order chi connectivity index (χ1) is 15.2. The number of aromatic nitrogens is 2. The summed E-state index contributed by atoms with van der Waals surface area (Å²) in [6, 6.07) is 7.21. The van der Waals surface area contributed by atoms with E-state index in [1.165, 1.54) is 4.90 Å². The van der Waals surface area contributed by atoms with E-state index in [0.717, 1.165) is 22.4 Å². The number of nitrogens with zero attached hydrogens (tertiary/aromatic N) is 3. The predicted molar refractivity (Wildman–Crippen MR) is 120 cm³/mol. The SMILES string of the molecule is COCCCN1C(=O)C[C@](CC(=O)N[C@@H](C)c2cn(C)nc2C)(c2ccccc2C)C1=O. The first-order valence-corrected chi connectivity index (χ1v) is 10.9. The molecule has 2 aromatic rings. The number of carbonyl (C=O) groups is 3. The number of benzene rings is 1. The molecule has 32 heavy (non-hydrogen) atoms. The van der Waals surface area contributed by atoms with Crippen molar-refractivity contribution in [2.24, 2.45) is 7.05 Å². The molecule has 1 aromatic carbocycles. The Balaban J connectivity index is 1.88. The summed E-state index contributed by atoms with van der Waals surface area (Å²) in [6.45, 7) is 6.43. The zero-order valence-corrected chi connectivity index (χ0v) is 19.5. The molecule has 2 atom stereocenters. The van der Waals surface area contributed by atoms with E-state index in [1.54, 1.807) is 11.8 Å². The molecule has 8 heteroatoms. The van der Waals surface area contributed by atoms with Crippen molar-refractivity contribution in [2.75, 3.05) is 20.3 Å². The van der Waals surface area contributed by atoms with E-state index in [-0.39, 0.29) is 43.1 Å². The second-order valence-electron chi connectivity index (χ2n) is 8.58. The Hall–Kier alpha value is -3.00. The van der Waals surface area contributed by atoms with Crippen molar-refractivity contribution in [3.05, 3.63) is 52.8 Å². The number of imide groups is 1. The maximum Gasteiger partial charge on any atom is 0.240 e. The summed E-state index contributed by atoms with van der Waals surface area (Å²) in [5.41, 5.74) is 2.17. The first kappa shape index (κ1) is 23.7. The van der Waals surface area contributed by atoms with Crippen LogP contribution in [0.4, 0.5) is 0 Å². The van der Waals surface area contributed by atoms with E-state index in [1.807, 2.05) is 58.3 Å². The number of rotatable bonds is 9. The standard InChI is InChI=1S/C24H32N4O4/c1-16-9-6-7-10-20(16)24(14-22(30)28(23(24)31)11-8-12-32-5)13-21(29)25-17(2)19-15-27(4)26-18(19)3/h6-7,9-10,15,17H,8,11-14H2,1-5H3,(H,25,29)/t17-,24+/m0/s1. The second-order valence-corrected chi connectivity index (χ2v) is 8.58. The lowest BCUT2D eigenvalue weighted by Gasteiger charge is -2.29. The van der Waals surface area contributed by atoms with Crippen molar-refractivity contribution in [1.29, 1.82) is 0 Å². The van der Waals surface area contributed by atoms with Crippen molar-refractivity contribution in [3.63, 3.8) is 0 Å². The van der Waals surface area contributed by atoms with Gasteiger partial charge in [-0.3, -0.25) is 24.0 Å². The van der Waals surface area contributed by atoms with Gasteiger partial charge >= 0.3 is 0 Å². The second kappa shape index (κ2) is 9.65. The largest absolute Gasteiger partial charge is 0.385 e. The summed E-state index contributed by atoms with van der Waals surface area (Å²) in [5.74, 6) is -0.838. The Labute approximate surface area is 188 Å². The molecule has 8 nitrogen and oxygen atoms in total. The van der Waals surface area contributed by atoms with Crippen LogP contribution in [0.25, 0.3) is 0 Å². The predicted octanol–water partition coefficient (Wildman–Crippen LogP) is 2.34. The summed E-state index contributed by atoms with van der Waals surface area (Å²) >= 11 is 0. The zero-order valence-electron chi connectivity index (χ0n) is 19.5. The van der Waals surface area contributed by atoms with Gasteiger partial charge in [-0.15, -0.1) is 0 Å². The Morgan fingerprint density at radius 3 is 2.62 bits per heavy atom. The molecule has 1 fully saturated rings. The lowest BCUT2D eigenvalue weighted by atomic mass is 9.74. The third-order valence-corrected chi connectivity index (χ3v) is 6.16. The fourth-order valence-corrected chi connectivity index (χ4v) is 4.64. The molecule has 0 aliphatic carbocycles. The van der Waals surface area contributed by atoms with E-state index < -0.39 is 5.41 Å². The number of carbonyl (C=O) groups excluding carboxylic acids is 3. The highest BCUT2D eigenvalue weighted by Gasteiger charge is 2.54. The van der Waals surface area contributed by atoms with E-state index in [4.69, 9.17) is 4.74 Å². The smallest absolute Gasteiger partial charge is 0.240 e. The lowest BCUT2D eigenvalue weighted by molar-refractivity contribution is -0.141. The highest BCUT2D eigenvalue weighted by molar-refractivity contribution is 6.11. The van der Waals surface area contributed by atoms with Crippen molar-refractivity contribution in [2.45, 2.75) is 51.5 Å². The summed E-state index contributed by atoms with van der Waals surface area (Å²) in [5, 5.41) is 7.33. The third-order valence-electron chi connectivity index (χ3n) is 6.16. The molecule has 3 rings (SSSR count). The van der Waals surface area contributed by atoms with Crippen LogP contribution in [0.2, 0.25) is 0 Å². The molecule has 1 saturated heterocycles. The van der Waals surface area contributed by atoms with Crippen molar-refractivity contribution < 1.29 is 19.1 Å². The molecule has 0 unspecified atom stereocenters. The summed E-state index contributed by atoms with van der Waals surface area (Å²) in [4.78, 5) is 40.9. The number of likely N-dealkylation sites (tertiary alicyclic amines) is 1. The van der Waals surface area contributed by atoms with Crippen LogP contribution >= 0.6 is 0 Å². The van der Waals surface area contributed by atoms with Crippen LogP contribution < -0.4 is 5.32 Å². The van der Waals surface area contributed by atoms with E-state index in [9.17, 15) is 14.4 Å². The average molecular weight is 441 g/mol. The highest BCUT2D eigenvalue weighted by Crippen LogP contribution is 2.41.